The molecule has 0 unspecified atom stereocenters. The second kappa shape index (κ2) is 4.63. The largest absolute Gasteiger partial charge is 0.0622 e. The molecule has 0 amide bonds. The topological polar surface area (TPSA) is 0 Å². The Hall–Kier alpha value is -0.780. The Morgan fingerprint density at radius 3 is 2.14 bits per heavy atom. The quantitative estimate of drug-likeness (QED) is 0.666. The molecule has 0 aromatic heterocycles. The van der Waals surface area contributed by atoms with Crippen LogP contribution in [0.4, 0.5) is 0 Å². The SMILES string of the molecule is C[C@@H](CCc1ccccc1)C(C)(C)C. The molecule has 0 heteroatoms. The molecule has 0 aliphatic rings. The average Bonchev–Trinajstić information content (AvgIpc) is 2.14. The third kappa shape index (κ3) is 3.53. The standard InChI is InChI=1S/C14H22/c1-12(14(2,3)4)10-11-13-8-6-5-7-9-13/h5-9,12H,10-11H2,1-4H3/t12-/m0/s1. The van der Waals surface area contributed by atoms with Gasteiger partial charge >= 0.3 is 0 Å². The Balaban J connectivity index is 2.42. The Morgan fingerprint density at radius 1 is 1.07 bits per heavy atom. The molecule has 1 aromatic carbocycles. The summed E-state index contributed by atoms with van der Waals surface area (Å²) in [6.45, 7) is 9.32. The molecule has 14 heavy (non-hydrogen) atoms. The van der Waals surface area contributed by atoms with Crippen LogP contribution in [-0.2, 0) is 6.42 Å². The van der Waals surface area contributed by atoms with Crippen LogP contribution in [0.3, 0.4) is 0 Å². The van der Waals surface area contributed by atoms with E-state index in [4.69, 9.17) is 0 Å². The molecule has 1 aromatic rings. The molecule has 0 heterocycles. The molecule has 78 valence electrons. The number of benzene rings is 1. The first-order valence-corrected chi connectivity index (χ1v) is 5.54. The highest BCUT2D eigenvalue weighted by Gasteiger charge is 2.19. The Kier molecular flexibility index (Phi) is 3.74. The highest BCUT2D eigenvalue weighted by Crippen LogP contribution is 2.28. The molecular weight excluding hydrogens is 168 g/mol. The van der Waals surface area contributed by atoms with Crippen molar-refractivity contribution in [2.45, 2.75) is 40.5 Å². The van der Waals surface area contributed by atoms with Crippen molar-refractivity contribution >= 4 is 0 Å². The average molecular weight is 190 g/mol. The van der Waals surface area contributed by atoms with Crippen molar-refractivity contribution in [2.24, 2.45) is 11.3 Å². The Morgan fingerprint density at radius 2 is 1.64 bits per heavy atom. The predicted octanol–water partition coefficient (Wildman–Crippen LogP) is 4.30. The van der Waals surface area contributed by atoms with Gasteiger partial charge in [-0.3, -0.25) is 0 Å². The minimum absolute atomic E-state index is 0.439. The molecule has 0 radical (unpaired) electrons. The zero-order valence-corrected chi connectivity index (χ0v) is 9.88. The van der Waals surface area contributed by atoms with E-state index in [9.17, 15) is 0 Å². The van der Waals surface area contributed by atoms with Gasteiger partial charge in [-0.2, -0.15) is 0 Å². The Labute approximate surface area is 88.4 Å². The van der Waals surface area contributed by atoms with Gasteiger partial charge in [-0.1, -0.05) is 58.0 Å². The van der Waals surface area contributed by atoms with Gasteiger partial charge in [0.05, 0.1) is 0 Å². The van der Waals surface area contributed by atoms with Gasteiger partial charge in [0.1, 0.15) is 0 Å². The Bertz CT molecular complexity index is 253. The van der Waals surface area contributed by atoms with Gasteiger partial charge in [0, 0.05) is 0 Å². The molecule has 0 aliphatic carbocycles. The molecule has 0 saturated heterocycles. The molecule has 0 aliphatic heterocycles. The smallest absolute Gasteiger partial charge is 0.0276 e. The fourth-order valence-corrected chi connectivity index (χ4v) is 1.46. The summed E-state index contributed by atoms with van der Waals surface area (Å²) in [5, 5.41) is 0. The summed E-state index contributed by atoms with van der Waals surface area (Å²) in [4.78, 5) is 0. The van der Waals surface area contributed by atoms with Crippen molar-refractivity contribution in [3.63, 3.8) is 0 Å². The predicted molar refractivity (Wildman–Crippen MR) is 63.4 cm³/mol. The molecule has 0 N–H and O–H groups in total. The lowest BCUT2D eigenvalue weighted by molar-refractivity contribution is 0.247. The van der Waals surface area contributed by atoms with Crippen LogP contribution in [0.1, 0.15) is 39.7 Å². The van der Waals surface area contributed by atoms with Crippen molar-refractivity contribution in [1.82, 2.24) is 0 Å². The highest BCUT2D eigenvalue weighted by atomic mass is 14.2. The van der Waals surface area contributed by atoms with Crippen LogP contribution in [0, 0.1) is 11.3 Å². The van der Waals surface area contributed by atoms with Crippen LogP contribution in [-0.4, -0.2) is 0 Å². The van der Waals surface area contributed by atoms with Crippen LogP contribution in [0.25, 0.3) is 0 Å². The summed E-state index contributed by atoms with van der Waals surface area (Å²) in [5.74, 6) is 0.780. The first-order valence-electron chi connectivity index (χ1n) is 5.54. The summed E-state index contributed by atoms with van der Waals surface area (Å²) in [7, 11) is 0. The zero-order valence-electron chi connectivity index (χ0n) is 9.88. The second-order valence-electron chi connectivity index (χ2n) is 5.29. The van der Waals surface area contributed by atoms with Crippen LogP contribution in [0.2, 0.25) is 0 Å². The van der Waals surface area contributed by atoms with Crippen molar-refractivity contribution < 1.29 is 0 Å². The monoisotopic (exact) mass is 190 g/mol. The van der Waals surface area contributed by atoms with Gasteiger partial charge < -0.3 is 0 Å². The lowest BCUT2D eigenvalue weighted by Gasteiger charge is -2.27. The van der Waals surface area contributed by atoms with E-state index in [0.29, 0.717) is 5.41 Å². The first-order chi connectivity index (χ1) is 6.50. The number of aryl methyl sites for hydroxylation is 1. The summed E-state index contributed by atoms with van der Waals surface area (Å²) in [5.41, 5.74) is 1.90. The van der Waals surface area contributed by atoms with E-state index >= 15 is 0 Å². The lowest BCUT2D eigenvalue weighted by atomic mass is 9.79. The number of hydrogen-bond donors (Lipinski definition) is 0. The normalized spacial score (nSPS) is 14.0. The van der Waals surface area contributed by atoms with Gasteiger partial charge in [-0.05, 0) is 29.7 Å². The highest BCUT2D eigenvalue weighted by molar-refractivity contribution is 5.14. The van der Waals surface area contributed by atoms with E-state index in [-0.39, 0.29) is 0 Å². The van der Waals surface area contributed by atoms with Gasteiger partial charge in [0.25, 0.3) is 0 Å². The fourth-order valence-electron chi connectivity index (χ4n) is 1.46. The van der Waals surface area contributed by atoms with Gasteiger partial charge in [-0.25, -0.2) is 0 Å². The van der Waals surface area contributed by atoms with Gasteiger partial charge in [0.2, 0.25) is 0 Å². The maximum Gasteiger partial charge on any atom is -0.0276 e. The molecule has 0 saturated carbocycles. The summed E-state index contributed by atoms with van der Waals surface area (Å²) >= 11 is 0. The molecule has 0 nitrogen and oxygen atoms in total. The first kappa shape index (κ1) is 11.3. The van der Waals surface area contributed by atoms with Crippen molar-refractivity contribution in [3.05, 3.63) is 35.9 Å². The molecule has 1 atom stereocenters. The van der Waals surface area contributed by atoms with E-state index in [1.54, 1.807) is 0 Å². The van der Waals surface area contributed by atoms with Crippen LogP contribution >= 0.6 is 0 Å². The van der Waals surface area contributed by atoms with E-state index < -0.39 is 0 Å². The summed E-state index contributed by atoms with van der Waals surface area (Å²) in [6, 6.07) is 10.8. The fraction of sp³-hybridized carbons (Fsp3) is 0.571. The van der Waals surface area contributed by atoms with Crippen molar-refractivity contribution in [1.29, 1.82) is 0 Å². The minimum atomic E-state index is 0.439. The maximum absolute atomic E-state index is 2.35. The third-order valence-corrected chi connectivity index (χ3v) is 3.19. The minimum Gasteiger partial charge on any atom is -0.0622 e. The van der Waals surface area contributed by atoms with Gasteiger partial charge in [-0.15, -0.1) is 0 Å². The molecule has 0 bridgehead atoms. The zero-order chi connectivity index (χ0) is 10.6. The summed E-state index contributed by atoms with van der Waals surface area (Å²) in [6.07, 6.45) is 2.49. The number of hydrogen-bond acceptors (Lipinski definition) is 0. The van der Waals surface area contributed by atoms with E-state index in [2.05, 4.69) is 58.0 Å². The van der Waals surface area contributed by atoms with Gasteiger partial charge in [0.15, 0.2) is 0 Å². The summed E-state index contributed by atoms with van der Waals surface area (Å²) < 4.78 is 0. The van der Waals surface area contributed by atoms with Crippen molar-refractivity contribution in [2.75, 3.05) is 0 Å². The number of rotatable bonds is 3. The second-order valence-corrected chi connectivity index (χ2v) is 5.29. The molecule has 0 fully saturated rings. The lowest BCUT2D eigenvalue weighted by Crippen LogP contribution is -2.17. The maximum atomic E-state index is 2.35. The van der Waals surface area contributed by atoms with E-state index in [0.717, 1.165) is 5.92 Å². The molecule has 0 spiro atoms. The molecular formula is C14H22. The van der Waals surface area contributed by atoms with Crippen LogP contribution in [0.5, 0.6) is 0 Å². The third-order valence-electron chi connectivity index (χ3n) is 3.19. The van der Waals surface area contributed by atoms with Crippen LogP contribution < -0.4 is 0 Å². The molecule has 1 rings (SSSR count). The van der Waals surface area contributed by atoms with Crippen LogP contribution in [0.15, 0.2) is 30.3 Å². The van der Waals surface area contributed by atoms with E-state index in [1.165, 1.54) is 18.4 Å². The van der Waals surface area contributed by atoms with E-state index in [1.807, 2.05) is 0 Å². The van der Waals surface area contributed by atoms with Crippen molar-refractivity contribution in [3.8, 4) is 0 Å².